The van der Waals surface area contributed by atoms with Crippen LogP contribution in [0.4, 0.5) is 0 Å². The summed E-state index contributed by atoms with van der Waals surface area (Å²) in [6.45, 7) is 5.21. The fourth-order valence-corrected chi connectivity index (χ4v) is 1.42. The van der Waals surface area contributed by atoms with E-state index in [9.17, 15) is 9.59 Å². The van der Waals surface area contributed by atoms with Crippen LogP contribution in [0, 0.1) is 5.92 Å². The van der Waals surface area contributed by atoms with Crippen molar-refractivity contribution in [3.05, 3.63) is 0 Å². The smallest absolute Gasteiger partial charge is 0.308 e. The molecule has 5 heteroatoms. The molecule has 1 atom stereocenters. The van der Waals surface area contributed by atoms with Crippen molar-refractivity contribution in [2.45, 2.75) is 26.7 Å². The molecule has 0 spiro atoms. The minimum absolute atomic E-state index is 0.0439. The highest BCUT2D eigenvalue weighted by atomic mass is 16.4. The van der Waals surface area contributed by atoms with Crippen LogP contribution in [0.15, 0.2) is 0 Å². The number of carboxylic acid groups (broad SMARTS) is 1. The van der Waals surface area contributed by atoms with Crippen molar-refractivity contribution in [3.63, 3.8) is 0 Å². The largest absolute Gasteiger partial charge is 0.481 e. The van der Waals surface area contributed by atoms with Crippen LogP contribution < -0.4 is 0 Å². The van der Waals surface area contributed by atoms with E-state index in [1.807, 2.05) is 25.9 Å². The van der Waals surface area contributed by atoms with Crippen LogP contribution in [0.25, 0.3) is 0 Å². The molecule has 0 bridgehead atoms. The summed E-state index contributed by atoms with van der Waals surface area (Å²) in [5.74, 6) is -1.33. The number of hydrogen-bond acceptors (Lipinski definition) is 3. The van der Waals surface area contributed by atoms with Crippen LogP contribution in [0.5, 0.6) is 0 Å². The molecule has 1 N–H and O–H groups in total. The molecule has 0 aromatic carbocycles. The van der Waals surface area contributed by atoms with Crippen molar-refractivity contribution in [3.8, 4) is 0 Å². The number of rotatable bonds is 8. The molecule has 0 heterocycles. The number of nitrogens with zero attached hydrogens (tertiary/aromatic N) is 2. The summed E-state index contributed by atoms with van der Waals surface area (Å²) < 4.78 is 0. The maximum absolute atomic E-state index is 11.8. The van der Waals surface area contributed by atoms with Crippen molar-refractivity contribution in [1.82, 2.24) is 9.80 Å². The van der Waals surface area contributed by atoms with Gasteiger partial charge in [-0.3, -0.25) is 9.59 Å². The lowest BCUT2D eigenvalue weighted by Gasteiger charge is -2.26. The Morgan fingerprint density at radius 2 is 1.82 bits per heavy atom. The number of amides is 1. The summed E-state index contributed by atoms with van der Waals surface area (Å²) in [6.07, 6.45) is 1.28. The monoisotopic (exact) mass is 244 g/mol. The highest BCUT2D eigenvalue weighted by molar-refractivity contribution is 5.77. The molecule has 0 radical (unpaired) electrons. The first-order valence-electron chi connectivity index (χ1n) is 6.03. The first-order valence-corrected chi connectivity index (χ1v) is 6.03. The van der Waals surface area contributed by atoms with Crippen LogP contribution in [0.1, 0.15) is 26.7 Å². The van der Waals surface area contributed by atoms with Gasteiger partial charge in [0.25, 0.3) is 0 Å². The Labute approximate surface area is 103 Å². The lowest BCUT2D eigenvalue weighted by Crippen LogP contribution is -2.40. The van der Waals surface area contributed by atoms with E-state index < -0.39 is 11.9 Å². The average molecular weight is 244 g/mol. The summed E-state index contributed by atoms with van der Waals surface area (Å²) in [7, 11) is 3.87. The minimum atomic E-state index is -0.857. The van der Waals surface area contributed by atoms with Gasteiger partial charge in [0.15, 0.2) is 0 Å². The lowest BCUT2D eigenvalue weighted by atomic mass is 10.1. The standard InChI is InChI=1S/C12H24N2O3/c1-5-6-11(15)14(8-7-13(3)4)9-10(2)12(16)17/h10H,5-9H2,1-4H3,(H,16,17). The predicted octanol–water partition coefficient (Wildman–Crippen LogP) is 0.897. The molecule has 0 saturated carbocycles. The zero-order valence-corrected chi connectivity index (χ0v) is 11.3. The van der Waals surface area contributed by atoms with E-state index in [0.717, 1.165) is 13.0 Å². The summed E-state index contributed by atoms with van der Waals surface area (Å²) >= 11 is 0. The third kappa shape index (κ3) is 6.94. The third-order valence-corrected chi connectivity index (χ3v) is 2.55. The molecule has 0 aromatic heterocycles. The highest BCUT2D eigenvalue weighted by Gasteiger charge is 2.19. The van der Waals surface area contributed by atoms with Crippen LogP contribution in [0.3, 0.4) is 0 Å². The Kier molecular flexibility index (Phi) is 7.54. The van der Waals surface area contributed by atoms with E-state index in [4.69, 9.17) is 5.11 Å². The Hall–Kier alpha value is -1.10. The Morgan fingerprint density at radius 1 is 1.24 bits per heavy atom. The van der Waals surface area contributed by atoms with E-state index in [1.165, 1.54) is 0 Å². The normalized spacial score (nSPS) is 12.5. The molecular formula is C12H24N2O3. The van der Waals surface area contributed by atoms with Gasteiger partial charge in [-0.15, -0.1) is 0 Å². The van der Waals surface area contributed by atoms with E-state index >= 15 is 0 Å². The fourth-order valence-electron chi connectivity index (χ4n) is 1.42. The first kappa shape index (κ1) is 15.9. The van der Waals surface area contributed by atoms with Gasteiger partial charge in [-0.25, -0.2) is 0 Å². The summed E-state index contributed by atoms with van der Waals surface area (Å²) in [6, 6.07) is 0. The second kappa shape index (κ2) is 8.06. The molecule has 5 nitrogen and oxygen atoms in total. The zero-order valence-electron chi connectivity index (χ0n) is 11.3. The van der Waals surface area contributed by atoms with Gasteiger partial charge in [-0.2, -0.15) is 0 Å². The summed E-state index contributed by atoms with van der Waals surface area (Å²) in [4.78, 5) is 26.3. The quantitative estimate of drug-likeness (QED) is 0.689. The van der Waals surface area contributed by atoms with Crippen LogP contribution in [-0.2, 0) is 9.59 Å². The molecule has 17 heavy (non-hydrogen) atoms. The van der Waals surface area contributed by atoms with Crippen LogP contribution >= 0.6 is 0 Å². The number of hydrogen-bond donors (Lipinski definition) is 1. The molecule has 0 aromatic rings. The van der Waals surface area contributed by atoms with Gasteiger partial charge in [0, 0.05) is 26.1 Å². The summed E-state index contributed by atoms with van der Waals surface area (Å²) in [5.41, 5.74) is 0. The lowest BCUT2D eigenvalue weighted by molar-refractivity contribution is -0.143. The van der Waals surface area contributed by atoms with Gasteiger partial charge in [0.1, 0.15) is 0 Å². The van der Waals surface area contributed by atoms with Crippen LogP contribution in [-0.4, -0.2) is 60.5 Å². The van der Waals surface area contributed by atoms with Crippen molar-refractivity contribution in [2.24, 2.45) is 5.92 Å². The maximum Gasteiger partial charge on any atom is 0.308 e. The Balaban J connectivity index is 4.38. The Bertz CT molecular complexity index is 254. The number of carboxylic acids is 1. The van der Waals surface area contributed by atoms with Gasteiger partial charge in [-0.1, -0.05) is 13.8 Å². The first-order chi connectivity index (χ1) is 7.88. The highest BCUT2D eigenvalue weighted by Crippen LogP contribution is 2.04. The Morgan fingerprint density at radius 3 is 2.24 bits per heavy atom. The number of likely N-dealkylation sites (N-methyl/N-ethyl adjacent to an activating group) is 1. The van der Waals surface area contributed by atoms with Gasteiger partial charge in [0.05, 0.1) is 5.92 Å². The number of carbonyl (C=O) groups is 2. The van der Waals surface area contributed by atoms with Crippen molar-refractivity contribution in [2.75, 3.05) is 33.7 Å². The topological polar surface area (TPSA) is 60.9 Å². The molecule has 1 unspecified atom stereocenters. The molecule has 0 rings (SSSR count). The van der Waals surface area contributed by atoms with Gasteiger partial charge in [0.2, 0.25) is 5.91 Å². The summed E-state index contributed by atoms with van der Waals surface area (Å²) in [5, 5.41) is 8.87. The molecule has 0 fully saturated rings. The molecule has 0 aliphatic heterocycles. The zero-order chi connectivity index (χ0) is 13.4. The minimum Gasteiger partial charge on any atom is -0.481 e. The fraction of sp³-hybridized carbons (Fsp3) is 0.833. The maximum atomic E-state index is 11.8. The molecule has 0 aliphatic rings. The second-order valence-corrected chi connectivity index (χ2v) is 4.63. The molecule has 0 aliphatic carbocycles. The van der Waals surface area contributed by atoms with Gasteiger partial charge in [-0.05, 0) is 20.5 Å². The third-order valence-electron chi connectivity index (χ3n) is 2.55. The SMILES string of the molecule is CCCC(=O)N(CCN(C)C)CC(C)C(=O)O. The van der Waals surface area contributed by atoms with E-state index in [2.05, 4.69) is 0 Å². The van der Waals surface area contributed by atoms with E-state index in [-0.39, 0.29) is 5.91 Å². The van der Waals surface area contributed by atoms with Gasteiger partial charge < -0.3 is 14.9 Å². The molecular weight excluding hydrogens is 220 g/mol. The van der Waals surface area contributed by atoms with E-state index in [1.54, 1.807) is 11.8 Å². The number of aliphatic carboxylic acids is 1. The molecule has 0 saturated heterocycles. The van der Waals surface area contributed by atoms with Crippen LogP contribution in [0.2, 0.25) is 0 Å². The predicted molar refractivity (Wildman–Crippen MR) is 66.8 cm³/mol. The van der Waals surface area contributed by atoms with E-state index in [0.29, 0.717) is 19.5 Å². The molecule has 100 valence electrons. The van der Waals surface area contributed by atoms with Gasteiger partial charge >= 0.3 is 5.97 Å². The second-order valence-electron chi connectivity index (χ2n) is 4.63. The van der Waals surface area contributed by atoms with Crippen molar-refractivity contribution >= 4 is 11.9 Å². The average Bonchev–Trinajstić information content (AvgIpc) is 2.23. The number of carbonyl (C=O) groups excluding carboxylic acids is 1. The molecule has 1 amide bonds. The van der Waals surface area contributed by atoms with Crippen molar-refractivity contribution < 1.29 is 14.7 Å². The van der Waals surface area contributed by atoms with Crippen molar-refractivity contribution in [1.29, 1.82) is 0 Å².